The van der Waals surface area contributed by atoms with Gasteiger partial charge in [0.2, 0.25) is 0 Å². The number of methoxy groups -OCH3 is 2. The minimum absolute atomic E-state index is 0.685. The van der Waals surface area contributed by atoms with Crippen molar-refractivity contribution in [2.75, 3.05) is 27.8 Å². The number of aliphatic imine (C=N–C) groups is 1. The van der Waals surface area contributed by atoms with Crippen LogP contribution >= 0.6 is 11.3 Å². The summed E-state index contributed by atoms with van der Waals surface area (Å²) >= 11 is 1.72. The second-order valence-electron chi connectivity index (χ2n) is 5.28. The van der Waals surface area contributed by atoms with Crippen LogP contribution < -0.4 is 14.8 Å². The SMILES string of the molecule is CCNC(=NCc1cccs1)N(C)Cc1ccc(OC)cc1OC. The van der Waals surface area contributed by atoms with E-state index >= 15 is 0 Å². The van der Waals surface area contributed by atoms with Gasteiger partial charge in [0.1, 0.15) is 11.5 Å². The normalized spacial score (nSPS) is 11.2. The number of rotatable bonds is 7. The molecule has 0 amide bonds. The number of nitrogens with one attached hydrogen (secondary N) is 1. The highest BCUT2D eigenvalue weighted by Crippen LogP contribution is 2.25. The van der Waals surface area contributed by atoms with Gasteiger partial charge in [0.05, 0.1) is 20.8 Å². The first-order valence-electron chi connectivity index (χ1n) is 7.90. The second kappa shape index (κ2) is 9.17. The predicted molar refractivity (Wildman–Crippen MR) is 100 cm³/mol. The third-order valence-corrected chi connectivity index (χ3v) is 4.42. The van der Waals surface area contributed by atoms with Crippen LogP contribution in [-0.4, -0.2) is 38.7 Å². The predicted octanol–water partition coefficient (Wildman–Crippen LogP) is 3.36. The lowest BCUT2D eigenvalue weighted by Crippen LogP contribution is -2.38. The van der Waals surface area contributed by atoms with Gasteiger partial charge in [0.15, 0.2) is 5.96 Å². The summed E-state index contributed by atoms with van der Waals surface area (Å²) in [6.45, 7) is 4.28. The number of hydrogen-bond acceptors (Lipinski definition) is 4. The van der Waals surface area contributed by atoms with Crippen LogP contribution in [0.15, 0.2) is 40.7 Å². The molecule has 0 unspecified atom stereocenters. The van der Waals surface area contributed by atoms with E-state index in [0.29, 0.717) is 13.1 Å². The molecule has 0 spiro atoms. The van der Waals surface area contributed by atoms with Gasteiger partial charge in [-0.2, -0.15) is 0 Å². The van der Waals surface area contributed by atoms with Crippen molar-refractivity contribution in [3.05, 3.63) is 46.2 Å². The zero-order valence-corrected chi connectivity index (χ0v) is 15.5. The maximum Gasteiger partial charge on any atom is 0.194 e. The van der Waals surface area contributed by atoms with Crippen LogP contribution in [0.4, 0.5) is 0 Å². The smallest absolute Gasteiger partial charge is 0.194 e. The van der Waals surface area contributed by atoms with E-state index < -0.39 is 0 Å². The highest BCUT2D eigenvalue weighted by molar-refractivity contribution is 7.09. The van der Waals surface area contributed by atoms with E-state index in [1.54, 1.807) is 25.6 Å². The summed E-state index contributed by atoms with van der Waals surface area (Å²) in [4.78, 5) is 8.07. The topological polar surface area (TPSA) is 46.1 Å². The molecule has 0 aliphatic carbocycles. The Morgan fingerprint density at radius 2 is 2.08 bits per heavy atom. The fourth-order valence-corrected chi connectivity index (χ4v) is 2.97. The zero-order chi connectivity index (χ0) is 17.4. The maximum atomic E-state index is 5.48. The Kier molecular flexibility index (Phi) is 6.93. The zero-order valence-electron chi connectivity index (χ0n) is 14.7. The lowest BCUT2D eigenvalue weighted by atomic mass is 10.2. The summed E-state index contributed by atoms with van der Waals surface area (Å²) < 4.78 is 10.7. The van der Waals surface area contributed by atoms with Gasteiger partial charge in [-0.1, -0.05) is 6.07 Å². The van der Waals surface area contributed by atoms with Crippen molar-refractivity contribution in [3.63, 3.8) is 0 Å². The molecule has 1 aromatic heterocycles. The van der Waals surface area contributed by atoms with Crippen LogP contribution in [0, 0.1) is 0 Å². The van der Waals surface area contributed by atoms with Crippen LogP contribution in [0.25, 0.3) is 0 Å². The van der Waals surface area contributed by atoms with E-state index in [0.717, 1.165) is 29.6 Å². The van der Waals surface area contributed by atoms with Crippen molar-refractivity contribution >= 4 is 17.3 Å². The van der Waals surface area contributed by atoms with E-state index in [1.165, 1.54) is 4.88 Å². The molecular weight excluding hydrogens is 322 g/mol. The number of nitrogens with zero attached hydrogens (tertiary/aromatic N) is 2. The molecule has 6 heteroatoms. The van der Waals surface area contributed by atoms with Gasteiger partial charge in [-0.3, -0.25) is 0 Å². The maximum absolute atomic E-state index is 5.48. The summed E-state index contributed by atoms with van der Waals surface area (Å²) in [6, 6.07) is 10.0. The molecule has 0 saturated carbocycles. The van der Waals surface area contributed by atoms with Gasteiger partial charge in [-0.05, 0) is 30.5 Å². The van der Waals surface area contributed by atoms with Crippen molar-refractivity contribution in [3.8, 4) is 11.5 Å². The minimum atomic E-state index is 0.685. The van der Waals surface area contributed by atoms with Crippen molar-refractivity contribution in [2.45, 2.75) is 20.0 Å². The Balaban J connectivity index is 2.12. The van der Waals surface area contributed by atoms with Gasteiger partial charge in [0, 0.05) is 36.6 Å². The Hall–Kier alpha value is -2.21. The molecule has 24 heavy (non-hydrogen) atoms. The molecule has 0 aliphatic heterocycles. The molecule has 2 rings (SSSR count). The number of thiophene rings is 1. The summed E-state index contributed by atoms with van der Waals surface area (Å²) in [5, 5.41) is 5.41. The first-order valence-corrected chi connectivity index (χ1v) is 8.78. The van der Waals surface area contributed by atoms with Gasteiger partial charge in [-0.15, -0.1) is 11.3 Å². The van der Waals surface area contributed by atoms with Crippen LogP contribution in [-0.2, 0) is 13.1 Å². The molecule has 2 aromatic rings. The Morgan fingerprint density at radius 1 is 1.25 bits per heavy atom. The Morgan fingerprint density at radius 3 is 2.71 bits per heavy atom. The molecule has 1 aromatic carbocycles. The first-order chi connectivity index (χ1) is 11.7. The van der Waals surface area contributed by atoms with Crippen LogP contribution in [0.1, 0.15) is 17.4 Å². The average Bonchev–Trinajstić information content (AvgIpc) is 3.12. The largest absolute Gasteiger partial charge is 0.497 e. The molecule has 0 fully saturated rings. The standard InChI is InChI=1S/C18H25N3O2S/c1-5-19-18(20-12-16-7-6-10-24-16)21(2)13-14-8-9-15(22-3)11-17(14)23-4/h6-11H,5,12-13H2,1-4H3,(H,19,20). The number of hydrogen-bond donors (Lipinski definition) is 1. The fraction of sp³-hybridized carbons (Fsp3) is 0.389. The van der Waals surface area contributed by atoms with Crippen molar-refractivity contribution in [1.82, 2.24) is 10.2 Å². The Bertz CT molecular complexity index is 656. The summed E-state index contributed by atoms with van der Waals surface area (Å²) in [6.07, 6.45) is 0. The molecule has 130 valence electrons. The molecule has 0 bridgehead atoms. The molecular formula is C18H25N3O2S. The van der Waals surface area contributed by atoms with Crippen LogP contribution in [0.5, 0.6) is 11.5 Å². The molecule has 0 saturated heterocycles. The van der Waals surface area contributed by atoms with Gasteiger partial charge < -0.3 is 19.7 Å². The van der Waals surface area contributed by atoms with E-state index in [1.807, 2.05) is 31.3 Å². The van der Waals surface area contributed by atoms with E-state index in [9.17, 15) is 0 Å². The highest BCUT2D eigenvalue weighted by Gasteiger charge is 2.11. The highest BCUT2D eigenvalue weighted by atomic mass is 32.1. The van der Waals surface area contributed by atoms with Gasteiger partial charge in [0.25, 0.3) is 0 Å². The van der Waals surface area contributed by atoms with E-state index in [-0.39, 0.29) is 0 Å². The van der Waals surface area contributed by atoms with Crippen molar-refractivity contribution in [1.29, 1.82) is 0 Å². The van der Waals surface area contributed by atoms with E-state index in [2.05, 4.69) is 28.6 Å². The average molecular weight is 347 g/mol. The van der Waals surface area contributed by atoms with Crippen molar-refractivity contribution < 1.29 is 9.47 Å². The Labute approximate surface area is 147 Å². The molecule has 0 radical (unpaired) electrons. The van der Waals surface area contributed by atoms with Gasteiger partial charge in [-0.25, -0.2) is 4.99 Å². The molecule has 0 aliphatic rings. The molecule has 1 heterocycles. The third kappa shape index (κ3) is 4.89. The monoisotopic (exact) mass is 347 g/mol. The van der Waals surface area contributed by atoms with E-state index in [4.69, 9.17) is 14.5 Å². The van der Waals surface area contributed by atoms with Crippen LogP contribution in [0.2, 0.25) is 0 Å². The van der Waals surface area contributed by atoms with Crippen molar-refractivity contribution in [2.24, 2.45) is 4.99 Å². The quantitative estimate of drug-likeness (QED) is 0.616. The first kappa shape index (κ1) is 18.1. The van der Waals surface area contributed by atoms with Crippen LogP contribution in [0.3, 0.4) is 0 Å². The third-order valence-electron chi connectivity index (χ3n) is 3.56. The van der Waals surface area contributed by atoms with Gasteiger partial charge >= 0.3 is 0 Å². The minimum Gasteiger partial charge on any atom is -0.497 e. The summed E-state index contributed by atoms with van der Waals surface area (Å²) in [5.41, 5.74) is 1.09. The molecule has 5 nitrogen and oxygen atoms in total. The lowest BCUT2D eigenvalue weighted by Gasteiger charge is -2.23. The molecule has 1 N–H and O–H groups in total. The summed E-state index contributed by atoms with van der Waals surface area (Å²) in [7, 11) is 5.36. The molecule has 0 atom stereocenters. The number of guanidine groups is 1. The second-order valence-corrected chi connectivity index (χ2v) is 6.32. The number of ether oxygens (including phenoxy) is 2. The number of benzene rings is 1. The lowest BCUT2D eigenvalue weighted by molar-refractivity contribution is 0.382. The summed E-state index contributed by atoms with van der Waals surface area (Å²) in [5.74, 6) is 2.48. The fourth-order valence-electron chi connectivity index (χ4n) is 2.34.